The molecule has 0 aromatic carbocycles. The van der Waals surface area contributed by atoms with Gasteiger partial charge in [-0.1, -0.05) is 13.8 Å². The molecule has 2 rings (SSSR count). The van der Waals surface area contributed by atoms with Crippen LogP contribution in [0.5, 0.6) is 0 Å². The zero-order valence-electron chi connectivity index (χ0n) is 5.78. The van der Waals surface area contributed by atoms with Crippen LogP contribution in [0, 0.1) is 17.3 Å². The molecule has 2 saturated carbocycles. The van der Waals surface area contributed by atoms with Crippen LogP contribution in [0.2, 0.25) is 0 Å². The molecule has 0 nitrogen and oxygen atoms in total. The van der Waals surface area contributed by atoms with E-state index >= 15 is 0 Å². The minimum Gasteiger partial charge on any atom is -0.0620 e. The number of rotatable bonds is 0. The maximum Gasteiger partial charge on any atom is -0.0246 e. The van der Waals surface area contributed by atoms with Crippen LogP contribution < -0.4 is 0 Å². The number of hydrogen-bond donors (Lipinski definition) is 0. The van der Waals surface area contributed by atoms with Crippen LogP contribution in [0.3, 0.4) is 0 Å². The molecule has 46 valence electrons. The van der Waals surface area contributed by atoms with Crippen LogP contribution in [-0.4, -0.2) is 0 Å². The van der Waals surface area contributed by atoms with Crippen LogP contribution >= 0.6 is 0 Å². The average molecular weight is 110 g/mol. The zero-order chi connectivity index (χ0) is 5.78. The molecule has 2 unspecified atom stereocenters. The van der Waals surface area contributed by atoms with Crippen molar-refractivity contribution in [1.82, 2.24) is 0 Å². The van der Waals surface area contributed by atoms with Crippen molar-refractivity contribution in [2.24, 2.45) is 17.3 Å². The molecule has 0 aromatic rings. The third kappa shape index (κ3) is 0.340. The van der Waals surface area contributed by atoms with Gasteiger partial charge in [-0.2, -0.15) is 0 Å². The molecule has 0 heteroatoms. The van der Waals surface area contributed by atoms with Gasteiger partial charge in [-0.25, -0.2) is 0 Å². The van der Waals surface area contributed by atoms with Crippen molar-refractivity contribution in [3.63, 3.8) is 0 Å². The Hall–Kier alpha value is 0. The van der Waals surface area contributed by atoms with Crippen LogP contribution in [0.15, 0.2) is 0 Å². The molecule has 2 atom stereocenters. The first-order chi connectivity index (χ1) is 3.76. The van der Waals surface area contributed by atoms with E-state index in [1.807, 2.05) is 0 Å². The summed E-state index contributed by atoms with van der Waals surface area (Å²) >= 11 is 0. The Morgan fingerprint density at radius 2 is 1.62 bits per heavy atom. The zero-order valence-corrected chi connectivity index (χ0v) is 5.78. The Balaban J connectivity index is 2.11. The van der Waals surface area contributed by atoms with Gasteiger partial charge in [0.2, 0.25) is 0 Å². The summed E-state index contributed by atoms with van der Waals surface area (Å²) in [7, 11) is 0. The first-order valence-electron chi connectivity index (χ1n) is 3.76. The highest BCUT2D eigenvalue weighted by atomic mass is 14.6. The molecular weight excluding hydrogens is 96.1 g/mol. The van der Waals surface area contributed by atoms with E-state index in [1.165, 1.54) is 19.3 Å². The van der Waals surface area contributed by atoms with Gasteiger partial charge in [-0.3, -0.25) is 0 Å². The van der Waals surface area contributed by atoms with Gasteiger partial charge in [0.25, 0.3) is 0 Å². The summed E-state index contributed by atoms with van der Waals surface area (Å²) in [4.78, 5) is 0. The lowest BCUT2D eigenvalue weighted by atomic mass is 9.63. The van der Waals surface area contributed by atoms with Crippen LogP contribution in [0.1, 0.15) is 33.1 Å². The topological polar surface area (TPSA) is 0 Å². The molecule has 0 N–H and O–H groups in total. The van der Waals surface area contributed by atoms with Crippen molar-refractivity contribution in [3.8, 4) is 0 Å². The minimum absolute atomic E-state index is 0.889. The van der Waals surface area contributed by atoms with Crippen molar-refractivity contribution in [3.05, 3.63) is 0 Å². The first-order valence-corrected chi connectivity index (χ1v) is 3.76. The lowest BCUT2D eigenvalue weighted by Gasteiger charge is -2.42. The van der Waals surface area contributed by atoms with Crippen LogP contribution in [-0.2, 0) is 0 Å². The maximum absolute atomic E-state index is 2.41. The van der Waals surface area contributed by atoms with E-state index in [2.05, 4.69) is 13.8 Å². The summed E-state index contributed by atoms with van der Waals surface area (Å²) < 4.78 is 0. The quantitative estimate of drug-likeness (QED) is 0.449. The number of hydrogen-bond acceptors (Lipinski definition) is 0. The molecule has 0 heterocycles. The standard InChI is InChI=1S/C8H14/c1-6-5-7(2)8(6)3-4-8/h6-7H,3-5H2,1-2H3. The minimum atomic E-state index is 0.889. The van der Waals surface area contributed by atoms with Crippen molar-refractivity contribution < 1.29 is 0 Å². The summed E-state index contributed by atoms with van der Waals surface area (Å²) in [6, 6.07) is 0. The smallest absolute Gasteiger partial charge is 0.0246 e. The maximum atomic E-state index is 2.41. The fraction of sp³-hybridized carbons (Fsp3) is 1.00. The molecule has 8 heavy (non-hydrogen) atoms. The molecule has 0 amide bonds. The largest absolute Gasteiger partial charge is 0.0620 e. The molecule has 0 aromatic heterocycles. The average Bonchev–Trinajstić information content (AvgIpc) is 2.44. The summed E-state index contributed by atoms with van der Waals surface area (Å²) in [6.07, 6.45) is 4.57. The van der Waals surface area contributed by atoms with Gasteiger partial charge in [-0.15, -0.1) is 0 Å². The van der Waals surface area contributed by atoms with E-state index < -0.39 is 0 Å². The van der Waals surface area contributed by atoms with Gasteiger partial charge in [0, 0.05) is 0 Å². The van der Waals surface area contributed by atoms with Crippen LogP contribution in [0.25, 0.3) is 0 Å². The molecule has 2 aliphatic carbocycles. The van der Waals surface area contributed by atoms with Gasteiger partial charge in [-0.05, 0) is 36.5 Å². The third-order valence-electron chi connectivity index (χ3n) is 3.50. The second-order valence-electron chi connectivity index (χ2n) is 3.77. The predicted octanol–water partition coefficient (Wildman–Crippen LogP) is 2.44. The lowest BCUT2D eigenvalue weighted by Crippen LogP contribution is -2.34. The van der Waals surface area contributed by atoms with Gasteiger partial charge >= 0.3 is 0 Å². The van der Waals surface area contributed by atoms with Crippen molar-refractivity contribution in [1.29, 1.82) is 0 Å². The Kier molecular flexibility index (Phi) is 0.678. The van der Waals surface area contributed by atoms with Crippen molar-refractivity contribution >= 4 is 0 Å². The Morgan fingerprint density at radius 3 is 1.75 bits per heavy atom. The molecule has 0 bridgehead atoms. The van der Waals surface area contributed by atoms with E-state index in [0.717, 1.165) is 17.3 Å². The monoisotopic (exact) mass is 110 g/mol. The molecule has 2 aliphatic rings. The SMILES string of the molecule is CC1CC(C)C12CC2. The highest BCUT2D eigenvalue weighted by Gasteiger charge is 2.58. The highest BCUT2D eigenvalue weighted by molar-refractivity contribution is 5.07. The van der Waals surface area contributed by atoms with E-state index in [0.29, 0.717) is 0 Å². The summed E-state index contributed by atoms with van der Waals surface area (Å²) in [6.45, 7) is 4.82. The summed E-state index contributed by atoms with van der Waals surface area (Å²) in [5.41, 5.74) is 0.889. The predicted molar refractivity (Wildman–Crippen MR) is 34.6 cm³/mol. The summed E-state index contributed by atoms with van der Waals surface area (Å²) in [5.74, 6) is 2.13. The molecule has 0 saturated heterocycles. The van der Waals surface area contributed by atoms with Crippen molar-refractivity contribution in [2.45, 2.75) is 33.1 Å². The Labute approximate surface area is 51.3 Å². The third-order valence-corrected chi connectivity index (χ3v) is 3.50. The fourth-order valence-corrected chi connectivity index (χ4v) is 2.45. The second-order valence-corrected chi connectivity index (χ2v) is 3.77. The molecule has 2 fully saturated rings. The van der Waals surface area contributed by atoms with E-state index in [9.17, 15) is 0 Å². The molecular formula is C8H14. The van der Waals surface area contributed by atoms with Gasteiger partial charge in [0.1, 0.15) is 0 Å². The summed E-state index contributed by atoms with van der Waals surface area (Å²) in [5, 5.41) is 0. The molecule has 0 aliphatic heterocycles. The van der Waals surface area contributed by atoms with Gasteiger partial charge < -0.3 is 0 Å². The molecule has 1 spiro atoms. The normalized spacial score (nSPS) is 48.8. The van der Waals surface area contributed by atoms with E-state index in [4.69, 9.17) is 0 Å². The second kappa shape index (κ2) is 1.12. The van der Waals surface area contributed by atoms with Gasteiger partial charge in [0.15, 0.2) is 0 Å². The Morgan fingerprint density at radius 1 is 1.12 bits per heavy atom. The van der Waals surface area contributed by atoms with Gasteiger partial charge in [0.05, 0.1) is 0 Å². The fourth-order valence-electron chi connectivity index (χ4n) is 2.45. The highest BCUT2D eigenvalue weighted by Crippen LogP contribution is 2.67. The first kappa shape index (κ1) is 4.84. The molecule has 0 radical (unpaired) electrons. The van der Waals surface area contributed by atoms with Crippen LogP contribution in [0.4, 0.5) is 0 Å². The van der Waals surface area contributed by atoms with E-state index in [1.54, 1.807) is 0 Å². The Bertz CT molecular complexity index is 101. The lowest BCUT2D eigenvalue weighted by molar-refractivity contribution is 0.0743. The van der Waals surface area contributed by atoms with E-state index in [-0.39, 0.29) is 0 Å². The van der Waals surface area contributed by atoms with Crippen molar-refractivity contribution in [2.75, 3.05) is 0 Å².